The van der Waals surface area contributed by atoms with Crippen molar-refractivity contribution < 1.29 is 22.1 Å². The van der Waals surface area contributed by atoms with Crippen LogP contribution in [0.5, 0.6) is 0 Å². The van der Waals surface area contributed by atoms with Gasteiger partial charge in [-0.05, 0) is 227 Å². The average Bonchev–Trinajstić information content (AvgIpc) is 1.61. The van der Waals surface area contributed by atoms with Gasteiger partial charge in [-0.3, -0.25) is 0 Å². The third kappa shape index (κ3) is 16.5. The van der Waals surface area contributed by atoms with Crippen molar-refractivity contribution in [1.82, 2.24) is 49.4 Å². The highest BCUT2D eigenvalue weighted by Crippen LogP contribution is 2.47. The van der Waals surface area contributed by atoms with Crippen LogP contribution in [-0.4, -0.2) is 112 Å². The fourth-order valence-electron chi connectivity index (χ4n) is 19.7. The number of furan rings is 5. The van der Waals surface area contributed by atoms with Crippen molar-refractivity contribution in [3.63, 3.8) is 0 Å². The van der Waals surface area contributed by atoms with Gasteiger partial charge in [0.25, 0.3) is 0 Å². The van der Waals surface area contributed by atoms with E-state index in [4.69, 9.17) is 47.0 Å². The molecule has 0 radical (unpaired) electrons. The van der Waals surface area contributed by atoms with Gasteiger partial charge in [-0.15, -0.1) is 0 Å². The van der Waals surface area contributed by atoms with Crippen molar-refractivity contribution >= 4 is 139 Å². The topological polar surface area (TPSA) is 163 Å². The zero-order chi connectivity index (χ0) is 92.0. The molecule has 130 heavy (non-hydrogen) atoms. The maximum atomic E-state index is 6.37. The van der Waals surface area contributed by atoms with Gasteiger partial charge in [0.15, 0.2) is 27.9 Å². The molecule has 0 unspecified atom stereocenters. The van der Waals surface area contributed by atoms with Crippen LogP contribution in [0.15, 0.2) is 205 Å². The minimum atomic E-state index is 0.256. The van der Waals surface area contributed by atoms with Crippen molar-refractivity contribution in [2.45, 2.75) is 271 Å². The molecule has 1 fully saturated rings. The van der Waals surface area contributed by atoms with Crippen LogP contribution in [0.3, 0.4) is 0 Å². The van der Waals surface area contributed by atoms with Crippen LogP contribution in [-0.2, 0) is 0 Å². The van der Waals surface area contributed by atoms with Crippen molar-refractivity contribution in [2.75, 3.05) is 44.6 Å². The second-order valence-corrected chi connectivity index (χ2v) is 39.0. The summed E-state index contributed by atoms with van der Waals surface area (Å²) in [5, 5.41) is 11.1. The first kappa shape index (κ1) is 89.5. The predicted octanol–water partition coefficient (Wildman–Crippen LogP) is 28.4. The van der Waals surface area contributed by atoms with Crippen LogP contribution < -0.4 is 24.5 Å². The van der Waals surface area contributed by atoms with Gasteiger partial charge in [0, 0.05) is 177 Å². The number of pyridine rings is 5. The number of anilines is 5. The van der Waals surface area contributed by atoms with E-state index in [1.807, 2.05) is 0 Å². The normalized spacial score (nSPS) is 18.2. The zero-order valence-electron chi connectivity index (χ0n) is 81.3. The van der Waals surface area contributed by atoms with Crippen LogP contribution >= 0.6 is 0 Å². The van der Waals surface area contributed by atoms with E-state index in [1.165, 1.54) is 59.2 Å². The minimum Gasteiger partial charge on any atom is -0.435 e. The lowest BCUT2D eigenvalue weighted by Gasteiger charge is -2.34. The summed E-state index contributed by atoms with van der Waals surface area (Å²) in [6, 6.07) is 44.1. The summed E-state index contributed by atoms with van der Waals surface area (Å²) in [5.41, 5.74) is 25.5. The fourth-order valence-corrected chi connectivity index (χ4v) is 19.7. The Kier molecular flexibility index (Phi) is 24.9. The van der Waals surface area contributed by atoms with Gasteiger partial charge >= 0.3 is 0 Å². The number of nitrogens with zero attached hydrogens (tertiary/aromatic N) is 15. The number of fused-ring (bicyclic) bond motifs is 15. The monoisotopic (exact) mass is 1740 g/mol. The van der Waals surface area contributed by atoms with Gasteiger partial charge in [-0.2, -0.15) is 0 Å². The number of aromatic nitrogens is 5. The number of hydrogen-bond donors (Lipinski definition) is 0. The predicted molar refractivity (Wildman–Crippen MR) is 540 cm³/mol. The van der Waals surface area contributed by atoms with Gasteiger partial charge in [-0.1, -0.05) is 157 Å². The summed E-state index contributed by atoms with van der Waals surface area (Å²) in [5.74, 6) is 2.56. The lowest BCUT2D eigenvalue weighted by Crippen LogP contribution is -2.41. The van der Waals surface area contributed by atoms with Gasteiger partial charge in [0.05, 0.1) is 28.4 Å². The standard InChI is InChI=1S/C24H29N3O.C23H29N3O.C22H27N3O.C21H25N3O.C20H23N3O/c1-15(2)21-12-11-20-19-10-9-16(3)22(23(19)28-24(20)25-21)27-14-13-26(17(27)4)18-7-5-6-8-18;1-14(2)13-25-11-12-26(17(25)6)21-16(5)7-8-18-19-9-10-20(15(3)4)24-23(19)27-22(18)21;1-13(2)19-10-9-18-17-8-7-15(5)20(21(17)26-22(18)23-19)25-12-11-24(14(3)4)16(25)6;1-6-23-11-12-24(15(23)5)19-14(4)7-8-16-17-9-10-18(13(2)3)22-21(17)25-20(16)19;1-12(2)17-9-8-16-15-7-6-13(3)18(19(15)24-20(16)21-17)23-11-10-22(5)14(23)4/h9-15,17-18H,5-8H2,1-4H3;7-12,14-15,17H,13H2,1-6H3;7-14,16H,1-6H3;7-13,15H,6H2,1-5H3;6-12,14H,1-5H3/t2*17-;16-;15-;14-/m00000/s1. The van der Waals surface area contributed by atoms with E-state index >= 15 is 0 Å². The molecule has 5 aromatic carbocycles. The Morgan fingerprint density at radius 2 is 0.569 bits per heavy atom. The van der Waals surface area contributed by atoms with E-state index in [0.717, 1.165) is 175 Å². The van der Waals surface area contributed by atoms with Gasteiger partial charge in [0.1, 0.15) is 30.8 Å². The number of aryl methyl sites for hydroxylation is 5. The Morgan fingerprint density at radius 3 is 0.846 bits per heavy atom. The maximum absolute atomic E-state index is 6.37. The molecule has 0 N–H and O–H groups in total. The van der Waals surface area contributed by atoms with Crippen LogP contribution in [0.1, 0.15) is 250 Å². The molecule has 0 amide bonds. The highest BCUT2D eigenvalue weighted by molar-refractivity contribution is 6.13. The molecule has 10 aromatic heterocycles. The van der Waals surface area contributed by atoms with E-state index < -0.39 is 0 Å². The Labute approximate surface area is 767 Å². The molecule has 5 atom stereocenters. The molecule has 20 nitrogen and oxygen atoms in total. The fraction of sp³-hybridized carbons (Fsp3) is 0.409. The summed E-state index contributed by atoms with van der Waals surface area (Å²) in [7, 11) is 2.09. The third-order valence-corrected chi connectivity index (χ3v) is 27.6. The van der Waals surface area contributed by atoms with E-state index in [1.54, 1.807) is 0 Å². The van der Waals surface area contributed by atoms with Crippen LogP contribution in [0.25, 0.3) is 110 Å². The van der Waals surface area contributed by atoms with Gasteiger partial charge < -0.3 is 71.1 Å². The van der Waals surface area contributed by atoms with Crippen molar-refractivity contribution in [3.8, 4) is 0 Å². The number of hydrogen-bond acceptors (Lipinski definition) is 20. The largest absolute Gasteiger partial charge is 0.435 e. The summed E-state index contributed by atoms with van der Waals surface area (Å²) < 4.78 is 31.5. The Hall–Kier alpha value is -12.5. The molecule has 0 bridgehead atoms. The smallest absolute Gasteiger partial charge is 0.227 e. The SMILES string of the molecule is CCN1C=CN(c2c(C)ccc3c2oc2nc(C(C)C)ccc23)[C@H]1C.Cc1ccc2c(oc3nc(C(C)C)ccc32)c1N1C=CN(C(C)C)[C@@H]1C.Cc1ccc2c(oc3nc(C(C)C)ccc32)c1N1C=CN(C)[C@@H]1C.Cc1ccc2c(oc3nc(C(C)C)ccc32)c1N1C=CN(C2CCCC2)[C@@H]1C.Cc1ccc2c(oc3nc(C(C)C)ccc32)c1N1C=CN(CC(C)C)[C@@H]1C. The first-order valence-corrected chi connectivity index (χ1v) is 47.5. The lowest BCUT2D eigenvalue weighted by atomic mass is 10.1. The molecule has 15 aromatic rings. The first-order chi connectivity index (χ1) is 62.3. The minimum absolute atomic E-state index is 0.256. The second-order valence-electron chi connectivity index (χ2n) is 39.0. The second kappa shape index (κ2) is 36.1. The molecule has 21 rings (SSSR count). The molecule has 5 aliphatic heterocycles. The quantitative estimate of drug-likeness (QED) is 0.0951. The summed E-state index contributed by atoms with van der Waals surface area (Å²) in [6.45, 7) is 56.7. The van der Waals surface area contributed by atoms with Crippen molar-refractivity contribution in [2.24, 2.45) is 5.92 Å². The molecule has 6 aliphatic rings. The molecule has 678 valence electrons. The van der Waals surface area contributed by atoms with Gasteiger partial charge in [-0.25, -0.2) is 24.9 Å². The zero-order valence-corrected chi connectivity index (χ0v) is 81.3. The van der Waals surface area contributed by atoms with Crippen LogP contribution in [0.4, 0.5) is 28.4 Å². The molecular weight excluding hydrogens is 1610 g/mol. The van der Waals surface area contributed by atoms with E-state index in [0.29, 0.717) is 53.8 Å². The van der Waals surface area contributed by atoms with E-state index in [-0.39, 0.29) is 24.7 Å². The Balaban J connectivity index is 0.000000114. The molecule has 0 saturated heterocycles. The highest BCUT2D eigenvalue weighted by Gasteiger charge is 2.36. The number of benzene rings is 5. The summed E-state index contributed by atoms with van der Waals surface area (Å²) in [4.78, 5) is 47.2. The van der Waals surface area contributed by atoms with Crippen molar-refractivity contribution in [1.29, 1.82) is 0 Å². The number of rotatable bonds is 15. The molecule has 1 aliphatic carbocycles. The average molecular weight is 1750 g/mol. The Bertz CT molecular complexity index is 6900. The molecule has 0 spiro atoms. The van der Waals surface area contributed by atoms with Gasteiger partial charge in [0.2, 0.25) is 28.6 Å². The molecule has 15 heterocycles. The Morgan fingerprint density at radius 1 is 0.300 bits per heavy atom. The van der Waals surface area contributed by atoms with Crippen LogP contribution in [0, 0.1) is 40.5 Å². The lowest BCUT2D eigenvalue weighted by molar-refractivity contribution is 0.237. The van der Waals surface area contributed by atoms with E-state index in [9.17, 15) is 0 Å². The molecule has 1 saturated carbocycles. The summed E-state index contributed by atoms with van der Waals surface area (Å²) >= 11 is 0. The van der Waals surface area contributed by atoms with E-state index in [2.05, 4.69) is 412 Å². The molecular formula is C110H133N15O5. The first-order valence-electron chi connectivity index (χ1n) is 47.5. The highest BCUT2D eigenvalue weighted by atomic mass is 16.4. The third-order valence-electron chi connectivity index (χ3n) is 27.6. The molecule has 20 heteroatoms. The van der Waals surface area contributed by atoms with Crippen LogP contribution in [0.2, 0.25) is 0 Å². The summed E-state index contributed by atoms with van der Waals surface area (Å²) in [6.07, 6.45) is 28.4. The van der Waals surface area contributed by atoms with Crippen molar-refractivity contribution in [3.05, 3.63) is 240 Å². The maximum Gasteiger partial charge on any atom is 0.227 e.